The van der Waals surface area contributed by atoms with Crippen molar-refractivity contribution in [2.75, 3.05) is 32.3 Å². The number of nitrogens with zero attached hydrogens (tertiary/aromatic N) is 1. The number of ether oxygens (including phenoxy) is 3. The monoisotopic (exact) mass is 402 g/mol. The fourth-order valence-electron chi connectivity index (χ4n) is 2.05. The standard InChI is InChI=1S/C20H22N2O5S/c1-25-17-9-5-16(6-10-17)20(24)22-21-13-15-3-7-18(8-4-15)27-14-19(23)26-11-12-28-2/h3-10,13H,11-12,14H2,1-2H3,(H,22,24). The van der Waals surface area contributed by atoms with Crippen LogP contribution in [-0.2, 0) is 9.53 Å². The van der Waals surface area contributed by atoms with Gasteiger partial charge in [0.25, 0.3) is 5.91 Å². The number of amides is 1. The van der Waals surface area contributed by atoms with E-state index in [1.54, 1.807) is 67.4 Å². The molecule has 0 radical (unpaired) electrons. The van der Waals surface area contributed by atoms with E-state index in [2.05, 4.69) is 10.5 Å². The van der Waals surface area contributed by atoms with Crippen molar-refractivity contribution in [2.45, 2.75) is 0 Å². The molecular weight excluding hydrogens is 380 g/mol. The minimum Gasteiger partial charge on any atom is -0.497 e. The first-order valence-corrected chi connectivity index (χ1v) is 9.86. The van der Waals surface area contributed by atoms with Gasteiger partial charge in [-0.1, -0.05) is 0 Å². The van der Waals surface area contributed by atoms with Crippen molar-refractivity contribution in [1.29, 1.82) is 0 Å². The molecule has 0 aliphatic heterocycles. The Bertz CT molecular complexity index is 791. The minimum absolute atomic E-state index is 0.139. The van der Waals surface area contributed by atoms with E-state index in [4.69, 9.17) is 14.2 Å². The van der Waals surface area contributed by atoms with E-state index in [9.17, 15) is 9.59 Å². The second-order valence-electron chi connectivity index (χ2n) is 5.50. The molecule has 28 heavy (non-hydrogen) atoms. The molecule has 2 aromatic rings. The average Bonchev–Trinajstić information content (AvgIpc) is 2.73. The smallest absolute Gasteiger partial charge is 0.344 e. The molecule has 2 rings (SSSR count). The first-order valence-electron chi connectivity index (χ1n) is 8.47. The number of hydrazone groups is 1. The summed E-state index contributed by atoms with van der Waals surface area (Å²) in [6.45, 7) is 0.237. The topological polar surface area (TPSA) is 86.2 Å². The summed E-state index contributed by atoms with van der Waals surface area (Å²) >= 11 is 1.61. The Hall–Kier alpha value is -3.00. The quantitative estimate of drug-likeness (QED) is 0.285. The highest BCUT2D eigenvalue weighted by Crippen LogP contribution is 2.12. The van der Waals surface area contributed by atoms with Gasteiger partial charge >= 0.3 is 5.97 Å². The van der Waals surface area contributed by atoms with E-state index < -0.39 is 5.97 Å². The van der Waals surface area contributed by atoms with Crippen LogP contribution in [0.4, 0.5) is 0 Å². The second kappa shape index (κ2) is 11.7. The lowest BCUT2D eigenvalue weighted by atomic mass is 10.2. The van der Waals surface area contributed by atoms with Crippen LogP contribution in [-0.4, -0.2) is 50.4 Å². The van der Waals surface area contributed by atoms with Crippen molar-refractivity contribution in [1.82, 2.24) is 5.43 Å². The summed E-state index contributed by atoms with van der Waals surface area (Å²) in [6.07, 6.45) is 3.46. The molecular formula is C20H22N2O5S. The van der Waals surface area contributed by atoms with Gasteiger partial charge in [-0.15, -0.1) is 0 Å². The van der Waals surface area contributed by atoms with Crippen LogP contribution in [0.2, 0.25) is 0 Å². The third-order valence-corrected chi connectivity index (χ3v) is 4.09. The van der Waals surface area contributed by atoms with Crippen LogP contribution in [0.25, 0.3) is 0 Å². The van der Waals surface area contributed by atoms with Crippen LogP contribution in [0.1, 0.15) is 15.9 Å². The molecule has 1 amide bonds. The van der Waals surface area contributed by atoms with Crippen molar-refractivity contribution in [3.05, 3.63) is 59.7 Å². The van der Waals surface area contributed by atoms with Gasteiger partial charge < -0.3 is 14.2 Å². The van der Waals surface area contributed by atoms with Gasteiger partial charge in [0.15, 0.2) is 6.61 Å². The fourth-order valence-corrected chi connectivity index (χ4v) is 2.30. The lowest BCUT2D eigenvalue weighted by Gasteiger charge is -2.06. The molecule has 0 saturated carbocycles. The van der Waals surface area contributed by atoms with Crippen molar-refractivity contribution < 1.29 is 23.8 Å². The van der Waals surface area contributed by atoms with Crippen molar-refractivity contribution in [3.63, 3.8) is 0 Å². The van der Waals surface area contributed by atoms with Gasteiger partial charge in [0.1, 0.15) is 18.1 Å². The number of hydrogen-bond donors (Lipinski definition) is 1. The zero-order chi connectivity index (χ0) is 20.2. The lowest BCUT2D eigenvalue weighted by Crippen LogP contribution is -2.17. The van der Waals surface area contributed by atoms with Crippen molar-refractivity contribution in [3.8, 4) is 11.5 Å². The lowest BCUT2D eigenvalue weighted by molar-refractivity contribution is -0.145. The zero-order valence-corrected chi connectivity index (χ0v) is 16.5. The third kappa shape index (κ3) is 7.32. The predicted octanol–water partition coefficient (Wildman–Crippen LogP) is 2.74. The summed E-state index contributed by atoms with van der Waals surface area (Å²) in [5.74, 6) is 1.26. The fraction of sp³-hybridized carbons (Fsp3) is 0.250. The van der Waals surface area contributed by atoms with Crippen LogP contribution in [0.5, 0.6) is 11.5 Å². The first kappa shape index (κ1) is 21.3. The molecule has 0 aromatic heterocycles. The van der Waals surface area contributed by atoms with Crippen molar-refractivity contribution >= 4 is 29.9 Å². The Balaban J connectivity index is 1.78. The zero-order valence-electron chi connectivity index (χ0n) is 15.7. The Labute approximate surface area is 168 Å². The molecule has 0 spiro atoms. The molecule has 148 valence electrons. The number of rotatable bonds is 10. The van der Waals surface area contributed by atoms with Gasteiger partial charge in [-0.25, -0.2) is 10.2 Å². The SMILES string of the molecule is COc1ccc(C(=O)NN=Cc2ccc(OCC(=O)OCCSC)cc2)cc1. The molecule has 0 bridgehead atoms. The predicted molar refractivity (Wildman–Crippen MR) is 109 cm³/mol. The normalized spacial score (nSPS) is 10.5. The summed E-state index contributed by atoms with van der Waals surface area (Å²) in [7, 11) is 1.56. The van der Waals surface area contributed by atoms with Gasteiger partial charge in [0, 0.05) is 11.3 Å². The number of benzene rings is 2. The molecule has 7 nitrogen and oxygen atoms in total. The summed E-state index contributed by atoms with van der Waals surface area (Å²) in [6, 6.07) is 13.7. The molecule has 0 aliphatic carbocycles. The number of esters is 1. The number of carbonyl (C=O) groups is 2. The second-order valence-corrected chi connectivity index (χ2v) is 6.48. The molecule has 0 atom stereocenters. The highest BCUT2D eigenvalue weighted by molar-refractivity contribution is 7.98. The van der Waals surface area contributed by atoms with Crippen LogP contribution >= 0.6 is 11.8 Å². The maximum absolute atomic E-state index is 12.0. The van der Waals surface area contributed by atoms with Crippen LogP contribution in [0.15, 0.2) is 53.6 Å². The van der Waals surface area contributed by atoms with Crippen LogP contribution in [0.3, 0.4) is 0 Å². The summed E-state index contributed by atoms with van der Waals surface area (Å²) < 4.78 is 15.4. The van der Waals surface area contributed by atoms with Gasteiger partial charge in [0.2, 0.25) is 0 Å². The Morgan fingerprint density at radius 1 is 1.07 bits per heavy atom. The molecule has 0 aliphatic rings. The van der Waals surface area contributed by atoms with Gasteiger partial charge in [0.05, 0.1) is 13.3 Å². The molecule has 0 unspecified atom stereocenters. The van der Waals surface area contributed by atoms with Crippen LogP contribution < -0.4 is 14.9 Å². The number of methoxy groups -OCH3 is 1. The summed E-state index contributed by atoms with van der Waals surface area (Å²) in [5.41, 5.74) is 3.71. The number of hydrogen-bond acceptors (Lipinski definition) is 7. The summed E-state index contributed by atoms with van der Waals surface area (Å²) in [4.78, 5) is 23.5. The van der Waals surface area contributed by atoms with Crippen molar-refractivity contribution in [2.24, 2.45) is 5.10 Å². The molecule has 0 heterocycles. The molecule has 0 fully saturated rings. The average molecular weight is 402 g/mol. The number of carbonyl (C=O) groups excluding carboxylic acids is 2. The van der Waals surface area contributed by atoms with E-state index in [1.807, 2.05) is 6.26 Å². The van der Waals surface area contributed by atoms with Crippen LogP contribution in [0, 0.1) is 0 Å². The molecule has 0 saturated heterocycles. The van der Waals surface area contributed by atoms with Gasteiger partial charge in [-0.3, -0.25) is 4.79 Å². The Morgan fingerprint density at radius 2 is 1.75 bits per heavy atom. The Kier molecular flexibility index (Phi) is 8.87. The highest BCUT2D eigenvalue weighted by atomic mass is 32.2. The molecule has 8 heteroatoms. The number of nitrogens with one attached hydrogen (secondary N) is 1. The number of thioether (sulfide) groups is 1. The van der Waals surface area contributed by atoms with E-state index in [0.717, 1.165) is 11.3 Å². The van der Waals surface area contributed by atoms with E-state index >= 15 is 0 Å². The molecule has 2 aromatic carbocycles. The first-order chi connectivity index (χ1) is 13.6. The molecule has 1 N–H and O–H groups in total. The minimum atomic E-state index is -0.402. The summed E-state index contributed by atoms with van der Waals surface area (Å²) in [5, 5.41) is 3.93. The maximum atomic E-state index is 12.0. The van der Waals surface area contributed by atoms with E-state index in [1.165, 1.54) is 6.21 Å². The largest absolute Gasteiger partial charge is 0.497 e. The Morgan fingerprint density at radius 3 is 2.39 bits per heavy atom. The van der Waals surface area contributed by atoms with Gasteiger partial charge in [-0.05, 0) is 60.4 Å². The highest BCUT2D eigenvalue weighted by Gasteiger charge is 2.05. The third-order valence-electron chi connectivity index (χ3n) is 3.52. The maximum Gasteiger partial charge on any atom is 0.344 e. The van der Waals surface area contributed by atoms with E-state index in [-0.39, 0.29) is 12.5 Å². The van der Waals surface area contributed by atoms with Gasteiger partial charge in [-0.2, -0.15) is 16.9 Å². The van der Waals surface area contributed by atoms with E-state index in [0.29, 0.717) is 23.7 Å².